The van der Waals surface area contributed by atoms with E-state index < -0.39 is 0 Å². The van der Waals surface area contributed by atoms with Gasteiger partial charge in [-0.1, -0.05) is 11.8 Å². The summed E-state index contributed by atoms with van der Waals surface area (Å²) in [6.07, 6.45) is 0. The number of carbonyl (C=O) groups excluding carboxylic acids is 1. The molecule has 0 fully saturated rings. The molecule has 3 N–H and O–H groups in total. The predicted molar refractivity (Wildman–Crippen MR) is 98.6 cm³/mol. The molecule has 4 rings (SSSR count). The fraction of sp³-hybridized carbons (Fsp3) is 0.188. The summed E-state index contributed by atoms with van der Waals surface area (Å²) in [5.41, 5.74) is 6.57. The van der Waals surface area contributed by atoms with E-state index in [1.807, 2.05) is 11.4 Å². The van der Waals surface area contributed by atoms with Crippen LogP contribution in [0.2, 0.25) is 0 Å². The number of fused-ring (bicyclic) bond motifs is 2. The average molecular weight is 374 g/mol. The lowest BCUT2D eigenvalue weighted by Crippen LogP contribution is -2.17. The van der Waals surface area contributed by atoms with E-state index in [2.05, 4.69) is 15.3 Å². The highest BCUT2D eigenvalue weighted by Crippen LogP contribution is 2.32. The minimum absolute atomic E-state index is 0.157. The van der Waals surface area contributed by atoms with Crippen LogP contribution in [0, 0.1) is 0 Å². The largest absolute Gasteiger partial charge is 0.486 e. The SMILES string of the molecule is Nc1nc(SCC(=O)Nc2ccc3c(c2)OCCO3)nc2sccc12. The van der Waals surface area contributed by atoms with Gasteiger partial charge in [0.15, 0.2) is 16.7 Å². The van der Waals surface area contributed by atoms with Gasteiger partial charge in [0, 0.05) is 11.8 Å². The summed E-state index contributed by atoms with van der Waals surface area (Å²) in [5.74, 6) is 1.78. The number of ether oxygens (including phenoxy) is 2. The number of benzene rings is 1. The number of hydrogen-bond acceptors (Lipinski definition) is 8. The standard InChI is InChI=1S/C16H14N4O3S2/c17-14-10-3-6-24-15(10)20-16(19-14)25-8-13(21)18-9-1-2-11-12(7-9)23-5-4-22-11/h1-3,6-7H,4-5,8H2,(H,18,21)(H2,17,19,20). The maximum atomic E-state index is 12.2. The summed E-state index contributed by atoms with van der Waals surface area (Å²) in [5, 5.41) is 6.08. The van der Waals surface area contributed by atoms with Gasteiger partial charge in [0.05, 0.1) is 11.1 Å². The van der Waals surface area contributed by atoms with Crippen molar-refractivity contribution in [3.8, 4) is 11.5 Å². The molecule has 128 valence electrons. The third-order valence-electron chi connectivity index (χ3n) is 3.49. The second kappa shape index (κ2) is 6.77. The fourth-order valence-corrected chi connectivity index (χ4v) is 3.85. The Kier molecular flexibility index (Phi) is 4.33. The first-order chi connectivity index (χ1) is 12.2. The van der Waals surface area contributed by atoms with E-state index in [1.54, 1.807) is 18.2 Å². The van der Waals surface area contributed by atoms with E-state index in [0.29, 0.717) is 41.4 Å². The normalized spacial score (nSPS) is 13.0. The molecular formula is C16H14N4O3S2. The maximum absolute atomic E-state index is 12.2. The number of nitrogens with one attached hydrogen (secondary N) is 1. The van der Waals surface area contributed by atoms with Gasteiger partial charge in [0.25, 0.3) is 0 Å². The van der Waals surface area contributed by atoms with Crippen molar-refractivity contribution in [1.29, 1.82) is 0 Å². The van der Waals surface area contributed by atoms with Gasteiger partial charge < -0.3 is 20.5 Å². The summed E-state index contributed by atoms with van der Waals surface area (Å²) in [6.45, 7) is 1.04. The molecule has 0 radical (unpaired) electrons. The van der Waals surface area contributed by atoms with E-state index in [1.165, 1.54) is 23.1 Å². The van der Waals surface area contributed by atoms with Crippen LogP contribution in [0.15, 0.2) is 34.8 Å². The quantitative estimate of drug-likeness (QED) is 0.535. The zero-order valence-electron chi connectivity index (χ0n) is 13.0. The molecule has 1 amide bonds. The number of nitrogens with two attached hydrogens (primary N) is 1. The lowest BCUT2D eigenvalue weighted by Gasteiger charge is -2.18. The third-order valence-corrected chi connectivity index (χ3v) is 5.15. The van der Waals surface area contributed by atoms with Gasteiger partial charge in [0.2, 0.25) is 5.91 Å². The number of thiophene rings is 1. The number of anilines is 2. The number of carbonyl (C=O) groups is 1. The van der Waals surface area contributed by atoms with Crippen molar-refractivity contribution in [2.75, 3.05) is 30.0 Å². The molecule has 0 atom stereocenters. The highest BCUT2D eigenvalue weighted by atomic mass is 32.2. The lowest BCUT2D eigenvalue weighted by atomic mass is 10.2. The number of rotatable bonds is 4. The Balaban J connectivity index is 1.40. The maximum Gasteiger partial charge on any atom is 0.234 e. The molecule has 7 nitrogen and oxygen atoms in total. The zero-order valence-corrected chi connectivity index (χ0v) is 14.7. The molecule has 0 unspecified atom stereocenters. The van der Waals surface area contributed by atoms with Gasteiger partial charge in [-0.25, -0.2) is 9.97 Å². The molecule has 0 saturated heterocycles. The van der Waals surface area contributed by atoms with Gasteiger partial charge in [0.1, 0.15) is 23.9 Å². The number of nitrogen functional groups attached to an aromatic ring is 1. The molecule has 1 aliphatic heterocycles. The van der Waals surface area contributed by atoms with Crippen molar-refractivity contribution in [3.63, 3.8) is 0 Å². The second-order valence-electron chi connectivity index (χ2n) is 5.23. The fourth-order valence-electron chi connectivity index (χ4n) is 2.37. The van der Waals surface area contributed by atoms with E-state index >= 15 is 0 Å². The van der Waals surface area contributed by atoms with Crippen LogP contribution in [-0.2, 0) is 4.79 Å². The molecule has 0 aliphatic carbocycles. The van der Waals surface area contributed by atoms with Crippen LogP contribution in [0.1, 0.15) is 0 Å². The number of amides is 1. The van der Waals surface area contributed by atoms with Crippen molar-refractivity contribution in [3.05, 3.63) is 29.6 Å². The van der Waals surface area contributed by atoms with E-state index in [4.69, 9.17) is 15.2 Å². The van der Waals surface area contributed by atoms with Crippen LogP contribution in [0.5, 0.6) is 11.5 Å². The predicted octanol–water partition coefficient (Wildman–Crippen LogP) is 2.78. The first kappa shape index (κ1) is 16.0. The Morgan fingerprint density at radius 2 is 2.08 bits per heavy atom. The molecule has 0 saturated carbocycles. The molecule has 0 spiro atoms. The van der Waals surface area contributed by atoms with E-state index in [9.17, 15) is 4.79 Å². The number of hydrogen-bond donors (Lipinski definition) is 2. The van der Waals surface area contributed by atoms with Crippen LogP contribution >= 0.6 is 23.1 Å². The van der Waals surface area contributed by atoms with Gasteiger partial charge >= 0.3 is 0 Å². The molecule has 9 heteroatoms. The topological polar surface area (TPSA) is 99.4 Å². The van der Waals surface area contributed by atoms with Gasteiger partial charge in [-0.15, -0.1) is 11.3 Å². The molecule has 0 bridgehead atoms. The highest BCUT2D eigenvalue weighted by molar-refractivity contribution is 7.99. The van der Waals surface area contributed by atoms with Gasteiger partial charge in [-0.3, -0.25) is 4.79 Å². The first-order valence-corrected chi connectivity index (χ1v) is 9.38. The van der Waals surface area contributed by atoms with E-state index in [-0.39, 0.29) is 11.7 Å². The molecular weight excluding hydrogens is 360 g/mol. The summed E-state index contributed by atoms with van der Waals surface area (Å²) in [4.78, 5) is 21.6. The van der Waals surface area contributed by atoms with Gasteiger partial charge in [-0.2, -0.15) is 0 Å². The molecule has 3 aromatic rings. The number of nitrogens with zero attached hydrogens (tertiary/aromatic N) is 2. The Morgan fingerprint density at radius 3 is 2.96 bits per heavy atom. The molecule has 1 aromatic carbocycles. The van der Waals surface area contributed by atoms with Gasteiger partial charge in [-0.05, 0) is 23.6 Å². The van der Waals surface area contributed by atoms with Crippen LogP contribution in [0.3, 0.4) is 0 Å². The summed E-state index contributed by atoms with van der Waals surface area (Å²) in [6, 6.07) is 7.20. The van der Waals surface area contributed by atoms with Crippen LogP contribution in [0.4, 0.5) is 11.5 Å². The Bertz CT molecular complexity index is 944. The second-order valence-corrected chi connectivity index (χ2v) is 7.06. The Labute approximate surface area is 151 Å². The van der Waals surface area contributed by atoms with E-state index in [0.717, 1.165) is 10.2 Å². The van der Waals surface area contributed by atoms with Crippen molar-refractivity contribution >= 4 is 50.7 Å². The van der Waals surface area contributed by atoms with Crippen molar-refractivity contribution in [2.24, 2.45) is 0 Å². The number of aromatic nitrogens is 2. The molecule has 3 heterocycles. The van der Waals surface area contributed by atoms with Crippen LogP contribution < -0.4 is 20.5 Å². The van der Waals surface area contributed by atoms with Crippen molar-refractivity contribution < 1.29 is 14.3 Å². The molecule has 2 aromatic heterocycles. The summed E-state index contributed by atoms with van der Waals surface area (Å²) >= 11 is 2.74. The number of thioether (sulfide) groups is 1. The van der Waals surface area contributed by atoms with Crippen molar-refractivity contribution in [2.45, 2.75) is 5.16 Å². The summed E-state index contributed by atoms with van der Waals surface area (Å²) < 4.78 is 11.0. The van der Waals surface area contributed by atoms with Crippen molar-refractivity contribution in [1.82, 2.24) is 9.97 Å². The van der Waals surface area contributed by atoms with Crippen LogP contribution in [-0.4, -0.2) is 34.8 Å². The minimum Gasteiger partial charge on any atom is -0.486 e. The smallest absolute Gasteiger partial charge is 0.234 e. The third kappa shape index (κ3) is 3.47. The first-order valence-electron chi connectivity index (χ1n) is 7.52. The lowest BCUT2D eigenvalue weighted by molar-refractivity contribution is -0.113. The Morgan fingerprint density at radius 1 is 1.24 bits per heavy atom. The zero-order chi connectivity index (χ0) is 17.2. The van der Waals surface area contributed by atoms with Crippen LogP contribution in [0.25, 0.3) is 10.2 Å². The summed E-state index contributed by atoms with van der Waals surface area (Å²) in [7, 11) is 0. The molecule has 25 heavy (non-hydrogen) atoms. The Hall–Kier alpha value is -2.52. The average Bonchev–Trinajstić information content (AvgIpc) is 3.09. The highest BCUT2D eigenvalue weighted by Gasteiger charge is 2.14. The monoisotopic (exact) mass is 374 g/mol. The minimum atomic E-state index is -0.157. The molecule has 1 aliphatic rings.